The third kappa shape index (κ3) is 3.94. The van der Waals surface area contributed by atoms with Gasteiger partial charge in [0.15, 0.2) is 0 Å². The number of ether oxygens (including phenoxy) is 2. The number of unbranched alkanes of at least 4 members (excludes halogenated alkanes) is 2. The molecule has 0 bridgehead atoms. The summed E-state index contributed by atoms with van der Waals surface area (Å²) in [6, 6.07) is 13.0. The number of anilines is 1. The smallest absolute Gasteiger partial charge is 0.312 e. The molecule has 4 heterocycles. The monoisotopic (exact) mass is 516 g/mol. The van der Waals surface area contributed by atoms with Gasteiger partial charge in [0.2, 0.25) is 5.91 Å². The lowest BCUT2D eigenvalue weighted by molar-refractivity contribution is -0.154. The summed E-state index contributed by atoms with van der Waals surface area (Å²) in [6.07, 6.45) is 9.41. The highest BCUT2D eigenvalue weighted by molar-refractivity contribution is 6.06. The Morgan fingerprint density at radius 2 is 1.82 bits per heavy atom. The first-order chi connectivity index (χ1) is 18.5. The minimum absolute atomic E-state index is 0.0758. The molecule has 0 aromatic heterocycles. The zero-order chi connectivity index (χ0) is 26.3. The molecular formula is C30H32N2O6. The topological polar surface area (TPSA) is 96.4 Å². The first-order valence-electron chi connectivity index (χ1n) is 13.5. The highest BCUT2D eigenvalue weighted by Gasteiger charge is 2.71. The summed E-state index contributed by atoms with van der Waals surface area (Å²) < 4.78 is 12.1. The van der Waals surface area contributed by atoms with E-state index in [4.69, 9.17) is 9.47 Å². The van der Waals surface area contributed by atoms with Crippen molar-refractivity contribution in [2.45, 2.75) is 43.4 Å². The summed E-state index contributed by atoms with van der Waals surface area (Å²) in [7, 11) is 0. The minimum atomic E-state index is -1.26. The molecule has 8 nitrogen and oxygen atoms in total. The fraction of sp³-hybridized carbons (Fsp3) is 0.433. The Labute approximate surface area is 221 Å². The molecule has 2 aromatic rings. The summed E-state index contributed by atoms with van der Waals surface area (Å²) in [5.74, 6) is -2.59. The molecule has 2 aromatic carbocycles. The van der Waals surface area contributed by atoms with Crippen LogP contribution in [0, 0.1) is 11.8 Å². The highest BCUT2D eigenvalue weighted by Crippen LogP contribution is 2.53. The Balaban J connectivity index is 1.41. The van der Waals surface area contributed by atoms with Gasteiger partial charge >= 0.3 is 5.97 Å². The molecule has 0 aliphatic carbocycles. The molecule has 2 saturated heterocycles. The summed E-state index contributed by atoms with van der Waals surface area (Å²) in [5.41, 5.74) is -0.519. The van der Waals surface area contributed by atoms with Crippen LogP contribution < -0.4 is 4.90 Å². The van der Waals surface area contributed by atoms with Crippen molar-refractivity contribution in [3.8, 4) is 0 Å². The Hall–Kier alpha value is -3.49. The van der Waals surface area contributed by atoms with Crippen LogP contribution in [-0.4, -0.2) is 71.8 Å². The predicted octanol–water partition coefficient (Wildman–Crippen LogP) is 2.99. The van der Waals surface area contributed by atoms with Crippen molar-refractivity contribution in [1.29, 1.82) is 0 Å². The number of nitrogens with zero attached hydrogens (tertiary/aromatic N) is 2. The van der Waals surface area contributed by atoms with E-state index >= 15 is 0 Å². The number of hydrogen-bond donors (Lipinski definition) is 1. The van der Waals surface area contributed by atoms with E-state index in [1.54, 1.807) is 9.80 Å². The standard InChI is InChI=1S/C30H32N2O6/c33-17-6-1-5-15-32-26-28(35)31(22-13-12-20-9-2-3-10-21(20)19-22)16-8-14-30(26)25(27(32)34)24-23(38-30)11-4-7-18-37-29(24)36/h2-4,8-14,19,23-26,33H,1,5-7,15-18H2/t23-,24+,25-,26?,30-/m0/s1. The van der Waals surface area contributed by atoms with E-state index in [-0.39, 0.29) is 25.0 Å². The second-order valence-corrected chi connectivity index (χ2v) is 10.4. The maximum Gasteiger partial charge on any atom is 0.312 e. The molecule has 2 fully saturated rings. The second-order valence-electron chi connectivity index (χ2n) is 10.4. The molecule has 1 spiro atoms. The number of esters is 1. The van der Waals surface area contributed by atoms with E-state index in [9.17, 15) is 19.5 Å². The largest absolute Gasteiger partial charge is 0.465 e. The van der Waals surface area contributed by atoms with Gasteiger partial charge < -0.3 is 24.4 Å². The van der Waals surface area contributed by atoms with Crippen molar-refractivity contribution in [1.82, 2.24) is 4.90 Å². The van der Waals surface area contributed by atoms with Crippen LogP contribution in [0.3, 0.4) is 0 Å². The summed E-state index contributed by atoms with van der Waals surface area (Å²) >= 11 is 0. The molecule has 4 aliphatic rings. The lowest BCUT2D eigenvalue weighted by atomic mass is 9.77. The zero-order valence-electron chi connectivity index (χ0n) is 21.2. The van der Waals surface area contributed by atoms with E-state index in [1.165, 1.54) is 0 Å². The number of benzene rings is 2. The molecule has 1 unspecified atom stereocenters. The number of amides is 2. The van der Waals surface area contributed by atoms with Gasteiger partial charge in [-0.15, -0.1) is 0 Å². The van der Waals surface area contributed by atoms with Crippen molar-refractivity contribution in [3.05, 3.63) is 66.8 Å². The molecule has 198 valence electrons. The maximum absolute atomic E-state index is 14.4. The minimum Gasteiger partial charge on any atom is -0.465 e. The lowest BCUT2D eigenvalue weighted by Gasteiger charge is -2.35. The number of cyclic esters (lactones) is 1. The Kier molecular flexibility index (Phi) is 6.53. The first-order valence-corrected chi connectivity index (χ1v) is 13.5. The van der Waals surface area contributed by atoms with Gasteiger partial charge in [-0.25, -0.2) is 0 Å². The Morgan fingerprint density at radius 1 is 0.974 bits per heavy atom. The van der Waals surface area contributed by atoms with E-state index in [0.717, 1.165) is 22.9 Å². The van der Waals surface area contributed by atoms with Crippen LogP contribution in [0.5, 0.6) is 0 Å². The molecule has 4 aliphatic heterocycles. The van der Waals surface area contributed by atoms with E-state index in [2.05, 4.69) is 0 Å². The van der Waals surface area contributed by atoms with E-state index < -0.39 is 35.6 Å². The molecule has 38 heavy (non-hydrogen) atoms. The van der Waals surface area contributed by atoms with Crippen LogP contribution in [0.25, 0.3) is 10.8 Å². The van der Waals surface area contributed by atoms with Gasteiger partial charge in [0.1, 0.15) is 17.6 Å². The molecule has 2 amide bonds. The number of fused-ring (bicyclic) bond motifs is 3. The molecule has 0 saturated carbocycles. The molecule has 8 heteroatoms. The number of hydrogen-bond acceptors (Lipinski definition) is 6. The Bertz CT molecular complexity index is 1320. The summed E-state index contributed by atoms with van der Waals surface area (Å²) in [5, 5.41) is 11.3. The average molecular weight is 517 g/mol. The van der Waals surface area contributed by atoms with Gasteiger partial charge in [-0.3, -0.25) is 14.4 Å². The fourth-order valence-corrected chi connectivity index (χ4v) is 6.49. The number of rotatable bonds is 6. The first kappa shape index (κ1) is 24.8. The van der Waals surface area contributed by atoms with Gasteiger partial charge in [0.05, 0.1) is 18.6 Å². The van der Waals surface area contributed by atoms with Crippen LogP contribution in [-0.2, 0) is 23.9 Å². The van der Waals surface area contributed by atoms with E-state index in [0.29, 0.717) is 32.4 Å². The van der Waals surface area contributed by atoms with Crippen LogP contribution in [0.1, 0.15) is 25.7 Å². The SMILES string of the molecule is O=C1OCCC=C[C@@H]2O[C@]34C=CCN(c5ccc6ccccc6c5)C(=O)C3N(CCCCCO)C(=O)[C@@H]4[C@H]12. The van der Waals surface area contributed by atoms with Gasteiger partial charge in [-0.2, -0.15) is 0 Å². The second kappa shape index (κ2) is 10.0. The van der Waals surface area contributed by atoms with Crippen LogP contribution >= 0.6 is 0 Å². The Morgan fingerprint density at radius 3 is 2.66 bits per heavy atom. The van der Waals surface area contributed by atoms with Crippen molar-refractivity contribution >= 4 is 34.2 Å². The van der Waals surface area contributed by atoms with Gasteiger partial charge in [0, 0.05) is 25.4 Å². The van der Waals surface area contributed by atoms with Crippen LogP contribution in [0.4, 0.5) is 5.69 Å². The van der Waals surface area contributed by atoms with Crippen molar-refractivity contribution < 1.29 is 29.0 Å². The van der Waals surface area contributed by atoms with Gasteiger partial charge in [-0.05, 0) is 48.6 Å². The highest BCUT2D eigenvalue weighted by atomic mass is 16.6. The zero-order valence-corrected chi connectivity index (χ0v) is 21.2. The predicted molar refractivity (Wildman–Crippen MR) is 141 cm³/mol. The number of likely N-dealkylation sites (tertiary alicyclic amines) is 1. The average Bonchev–Trinajstić information content (AvgIpc) is 3.29. The van der Waals surface area contributed by atoms with Gasteiger partial charge in [-0.1, -0.05) is 54.6 Å². The normalized spacial score (nSPS) is 30.5. The number of carbonyl (C=O) groups excluding carboxylic acids is 3. The maximum atomic E-state index is 14.4. The summed E-state index contributed by atoms with van der Waals surface area (Å²) in [4.78, 5) is 44.9. The quantitative estimate of drug-likeness (QED) is 0.360. The molecule has 0 radical (unpaired) electrons. The number of aliphatic hydroxyl groups is 1. The van der Waals surface area contributed by atoms with Crippen molar-refractivity contribution in [3.63, 3.8) is 0 Å². The number of carbonyl (C=O) groups is 3. The van der Waals surface area contributed by atoms with Crippen LogP contribution in [0.2, 0.25) is 0 Å². The molecule has 6 rings (SSSR count). The third-order valence-electron chi connectivity index (χ3n) is 8.22. The molecule has 5 atom stereocenters. The van der Waals surface area contributed by atoms with Gasteiger partial charge in [0.25, 0.3) is 5.91 Å². The van der Waals surface area contributed by atoms with E-state index in [1.807, 2.05) is 66.8 Å². The molecule has 1 N–H and O–H groups in total. The lowest BCUT2D eigenvalue weighted by Crippen LogP contribution is -2.55. The van der Waals surface area contributed by atoms with Crippen molar-refractivity contribution in [2.75, 3.05) is 31.2 Å². The van der Waals surface area contributed by atoms with Crippen LogP contribution in [0.15, 0.2) is 66.8 Å². The summed E-state index contributed by atoms with van der Waals surface area (Å²) in [6.45, 7) is 1.00. The molecular weight excluding hydrogens is 484 g/mol. The number of aliphatic hydroxyl groups excluding tert-OH is 1. The fourth-order valence-electron chi connectivity index (χ4n) is 6.49. The van der Waals surface area contributed by atoms with Crippen molar-refractivity contribution in [2.24, 2.45) is 11.8 Å². The third-order valence-corrected chi connectivity index (χ3v) is 8.22.